The summed E-state index contributed by atoms with van der Waals surface area (Å²) in [6.07, 6.45) is 61.7. The number of esters is 3. The number of carboxylic acids is 1. The van der Waals surface area contributed by atoms with Gasteiger partial charge in [0.25, 0.3) is 0 Å². The second-order valence-electron chi connectivity index (χ2n) is 20.2. The molecule has 0 radical (unpaired) electrons. The summed E-state index contributed by atoms with van der Waals surface area (Å²) in [6, 6.07) is 0. The van der Waals surface area contributed by atoms with Crippen molar-refractivity contribution in [2.75, 3.05) is 13.2 Å². The van der Waals surface area contributed by atoms with Crippen LogP contribution in [0, 0.1) is 0 Å². The zero-order valence-corrected chi connectivity index (χ0v) is 49.1. The summed E-state index contributed by atoms with van der Waals surface area (Å²) in [6.45, 7) is 5.69. The fourth-order valence-electron chi connectivity index (χ4n) is 8.38. The minimum absolute atomic E-state index is 0.0361. The Bertz CT molecular complexity index is 1840. The number of carboxylic acid groups (broad SMARTS) is 1. The highest BCUT2D eigenvalue weighted by Gasteiger charge is 2.50. The predicted molar refractivity (Wildman–Crippen MR) is 321 cm³/mol. The lowest BCUT2D eigenvalue weighted by atomic mass is 9.98. The summed E-state index contributed by atoms with van der Waals surface area (Å²) >= 11 is 0. The van der Waals surface area contributed by atoms with E-state index >= 15 is 0 Å². The van der Waals surface area contributed by atoms with Gasteiger partial charge in [-0.25, -0.2) is 4.79 Å². The van der Waals surface area contributed by atoms with Crippen molar-refractivity contribution >= 4 is 23.9 Å². The van der Waals surface area contributed by atoms with Crippen molar-refractivity contribution in [2.45, 2.75) is 263 Å². The van der Waals surface area contributed by atoms with Gasteiger partial charge in [0, 0.05) is 19.3 Å². The third-order valence-electron chi connectivity index (χ3n) is 13.0. The first kappa shape index (κ1) is 72.1. The van der Waals surface area contributed by atoms with Crippen molar-refractivity contribution in [1.29, 1.82) is 0 Å². The molecule has 1 aliphatic heterocycles. The highest BCUT2D eigenvalue weighted by Crippen LogP contribution is 2.26. The van der Waals surface area contributed by atoms with E-state index in [1.54, 1.807) is 0 Å². The van der Waals surface area contributed by atoms with E-state index in [1.165, 1.54) is 38.5 Å². The number of carbonyl (C=O) groups is 4. The molecule has 0 aromatic carbocycles. The molecule has 0 aliphatic carbocycles. The highest BCUT2D eigenvalue weighted by molar-refractivity contribution is 5.74. The summed E-state index contributed by atoms with van der Waals surface area (Å²) < 4.78 is 28.4. The maximum absolute atomic E-state index is 13.1. The molecule has 1 rings (SSSR count). The third kappa shape index (κ3) is 43.6. The predicted octanol–water partition coefficient (Wildman–Crippen LogP) is 16.0. The monoisotopic (exact) mass is 1100 g/mol. The lowest BCUT2D eigenvalue weighted by molar-refractivity contribution is -0.301. The van der Waals surface area contributed by atoms with Gasteiger partial charge in [0.2, 0.25) is 0 Å². The van der Waals surface area contributed by atoms with Gasteiger partial charge in [0.1, 0.15) is 18.8 Å². The average Bonchev–Trinajstić information content (AvgIpc) is 3.46. The maximum atomic E-state index is 13.1. The molecule has 12 nitrogen and oxygen atoms in total. The van der Waals surface area contributed by atoms with Gasteiger partial charge in [-0.1, -0.05) is 200 Å². The molecule has 6 atom stereocenters. The molecule has 12 heteroatoms. The van der Waals surface area contributed by atoms with Crippen LogP contribution >= 0.6 is 0 Å². The van der Waals surface area contributed by atoms with Crippen LogP contribution in [0.4, 0.5) is 0 Å². The fraction of sp³-hybridized carbons (Fsp3) is 0.642. The van der Waals surface area contributed by atoms with Crippen LogP contribution in [0.15, 0.2) is 122 Å². The SMILES string of the molecule is CC/C=C\C/C=C\C/C=C\C/C=C\C/C=C\CCCCCC(=O)OCC(COC1OC(C(=O)O)C(O)C(O)C1OC(=O)CCCCCCC/C=C\CCCCCCCC)OC(=O)CCCC/C=C\C/C=C\C/C=C\C/C=C\CC. The summed E-state index contributed by atoms with van der Waals surface area (Å²) in [5, 5.41) is 31.5. The molecule has 0 aromatic heterocycles. The molecular weight excluding hydrogens is 997 g/mol. The van der Waals surface area contributed by atoms with E-state index in [4.69, 9.17) is 23.7 Å². The van der Waals surface area contributed by atoms with Crippen LogP contribution < -0.4 is 0 Å². The Morgan fingerprint density at radius 2 is 0.797 bits per heavy atom. The lowest BCUT2D eigenvalue weighted by Gasteiger charge is -2.40. The second kappa shape index (κ2) is 53.7. The van der Waals surface area contributed by atoms with Gasteiger partial charge in [0.15, 0.2) is 24.6 Å². The molecule has 79 heavy (non-hydrogen) atoms. The molecule has 1 fully saturated rings. The molecule has 6 unspecified atom stereocenters. The van der Waals surface area contributed by atoms with Crippen molar-refractivity contribution < 1.29 is 58.2 Å². The normalized spacial score (nSPS) is 18.7. The number of aliphatic hydroxyl groups is 2. The van der Waals surface area contributed by atoms with E-state index in [0.29, 0.717) is 19.3 Å². The Hall–Kier alpha value is -4.88. The van der Waals surface area contributed by atoms with Gasteiger partial charge < -0.3 is 39.0 Å². The first-order chi connectivity index (χ1) is 38.6. The van der Waals surface area contributed by atoms with Crippen LogP contribution in [0.3, 0.4) is 0 Å². The van der Waals surface area contributed by atoms with Crippen molar-refractivity contribution in [3.63, 3.8) is 0 Å². The number of rotatable bonds is 50. The number of hydrogen-bond donors (Lipinski definition) is 3. The maximum Gasteiger partial charge on any atom is 0.335 e. The van der Waals surface area contributed by atoms with E-state index in [-0.39, 0.29) is 25.9 Å². The van der Waals surface area contributed by atoms with Gasteiger partial charge in [0.05, 0.1) is 6.61 Å². The molecule has 0 amide bonds. The number of unbranched alkanes of at least 4 members (excludes halogenated alkanes) is 16. The van der Waals surface area contributed by atoms with Gasteiger partial charge in [-0.3, -0.25) is 14.4 Å². The number of aliphatic carboxylic acids is 1. The first-order valence-electron chi connectivity index (χ1n) is 30.5. The number of ether oxygens (including phenoxy) is 5. The summed E-state index contributed by atoms with van der Waals surface area (Å²) in [7, 11) is 0. The summed E-state index contributed by atoms with van der Waals surface area (Å²) in [4.78, 5) is 51.2. The van der Waals surface area contributed by atoms with E-state index < -0.39 is 67.3 Å². The van der Waals surface area contributed by atoms with E-state index in [1.807, 2.05) is 0 Å². The summed E-state index contributed by atoms with van der Waals surface area (Å²) in [5.41, 5.74) is 0. The van der Waals surface area contributed by atoms with Crippen LogP contribution in [0.1, 0.15) is 226 Å². The van der Waals surface area contributed by atoms with Gasteiger partial charge in [-0.05, 0) is 128 Å². The van der Waals surface area contributed by atoms with Crippen molar-refractivity contribution in [3.05, 3.63) is 122 Å². The standard InChI is InChI=1S/C67H106O12/c1-4-7-10-13-16-19-22-25-28-29-30-31-34-35-38-41-44-47-50-53-59(68)75-56-58(77-60(69)54-51-48-45-42-39-36-32-26-23-20-17-14-11-8-5-2)57-76-67-65(63(72)62(71)64(79-67)66(73)74)78-61(70)55-52-49-46-43-40-37-33-27-24-21-18-15-12-9-6-3/h7-8,10-11,16-17,19-20,25-28,30-33,35,38-39,42,58,62-65,67,71-72H,4-6,9,12-15,18,21-24,29,34,36-37,40-41,43-57H2,1-3H3,(H,73,74)/b10-7-,11-8-,19-16-,20-17-,28-25-,31-30-,32-26-,33-27-,38-35-,42-39-. The minimum atomic E-state index is -1.92. The Kier molecular flexibility index (Phi) is 49.1. The Balaban J connectivity index is 2.74. The fourth-order valence-corrected chi connectivity index (χ4v) is 8.38. The van der Waals surface area contributed by atoms with Crippen LogP contribution in [0.25, 0.3) is 0 Å². The average molecular weight is 1100 g/mol. The number of carbonyl (C=O) groups excluding carboxylic acids is 3. The molecule has 3 N–H and O–H groups in total. The zero-order valence-electron chi connectivity index (χ0n) is 49.1. The molecule has 1 aliphatic rings. The minimum Gasteiger partial charge on any atom is -0.479 e. The Labute approximate surface area is 478 Å². The van der Waals surface area contributed by atoms with E-state index in [9.17, 15) is 34.5 Å². The van der Waals surface area contributed by atoms with Crippen molar-refractivity contribution in [3.8, 4) is 0 Å². The molecule has 1 heterocycles. The molecule has 0 aromatic rings. The Morgan fingerprint density at radius 3 is 1.27 bits per heavy atom. The van der Waals surface area contributed by atoms with Gasteiger partial charge in [-0.15, -0.1) is 0 Å². The molecule has 0 saturated carbocycles. The lowest BCUT2D eigenvalue weighted by Crippen LogP contribution is -2.61. The number of allylic oxidation sites excluding steroid dienone is 20. The van der Waals surface area contributed by atoms with Crippen LogP contribution in [-0.2, 0) is 42.9 Å². The van der Waals surface area contributed by atoms with Crippen LogP contribution in [0.2, 0.25) is 0 Å². The van der Waals surface area contributed by atoms with E-state index in [2.05, 4.69) is 142 Å². The summed E-state index contributed by atoms with van der Waals surface area (Å²) in [5.74, 6) is -3.25. The Morgan fingerprint density at radius 1 is 0.430 bits per heavy atom. The smallest absolute Gasteiger partial charge is 0.335 e. The quantitative estimate of drug-likeness (QED) is 0.0228. The van der Waals surface area contributed by atoms with Gasteiger partial charge in [-0.2, -0.15) is 0 Å². The van der Waals surface area contributed by atoms with Gasteiger partial charge >= 0.3 is 23.9 Å². The molecule has 1 saturated heterocycles. The second-order valence-corrected chi connectivity index (χ2v) is 20.2. The molecule has 446 valence electrons. The van der Waals surface area contributed by atoms with Crippen molar-refractivity contribution in [2.24, 2.45) is 0 Å². The number of hydrogen-bond acceptors (Lipinski definition) is 11. The van der Waals surface area contributed by atoms with E-state index in [0.717, 1.165) is 128 Å². The van der Waals surface area contributed by atoms with Crippen molar-refractivity contribution in [1.82, 2.24) is 0 Å². The molecule has 0 bridgehead atoms. The third-order valence-corrected chi connectivity index (χ3v) is 13.0. The number of aliphatic hydroxyl groups excluding tert-OH is 2. The molecule has 0 spiro atoms. The topological polar surface area (TPSA) is 175 Å². The largest absolute Gasteiger partial charge is 0.479 e. The highest BCUT2D eigenvalue weighted by atomic mass is 16.7. The van der Waals surface area contributed by atoms with Crippen LogP contribution in [0.5, 0.6) is 0 Å². The first-order valence-corrected chi connectivity index (χ1v) is 30.5. The zero-order chi connectivity index (χ0) is 57.5. The molecular formula is C67H106O12. The van der Waals surface area contributed by atoms with Crippen LogP contribution in [-0.4, -0.2) is 89.2 Å².